The Balaban J connectivity index is 0.972. The minimum Gasteiger partial charge on any atom is -0.456 e. The van der Waals surface area contributed by atoms with Gasteiger partial charge in [0.25, 0.3) is 17.6 Å². The SMILES string of the molecule is CO[C@H]1C[C@@H](C)[C@@]2(O)O[C@@H]1[C@@H](O)C[C@@H](C)C/C(C)=C/[C@@H](CCCC(=O)N1CCN(c3cc(Nc4ncc(C(=O)Nc5c(C)cccc5Cl)s4)nc(C)n3)CC1)C(=O)C[C@H](O)[C@@H](C)[C@@H](/C(C)=C/[C@@H]1CC[C@@H](O)[C@H](OC)C1)OC(=O)[C@@H]1CCCCN1C(=O)C2=O. The van der Waals surface area contributed by atoms with Crippen molar-refractivity contribution in [3.05, 3.63) is 75.0 Å². The number of carbonyl (C=O) groups is 6. The number of aliphatic hydroxyl groups excluding tert-OH is 3. The fourth-order valence-electron chi connectivity index (χ4n) is 13.2. The third-order valence-corrected chi connectivity index (χ3v) is 19.5. The maximum absolute atomic E-state index is 14.8. The molecule has 2 aromatic heterocycles. The van der Waals surface area contributed by atoms with Crippen molar-refractivity contribution in [2.45, 2.75) is 186 Å². The van der Waals surface area contributed by atoms with Crippen LogP contribution < -0.4 is 15.5 Å². The molecule has 4 aliphatic heterocycles. The standard InChI is InChI=1S/C64H89ClN8O14S/c1-35-26-36(2)28-49(77)58-51(85-9)30-39(5)64(83,87-58)59(79)61(81)73-21-11-10-17-45(73)62(82)86-57(38(4)29-42-19-20-46(74)50(31-42)84-8)40(6)47(75)32-48(76)43(27-35)15-13-18-55(78)72-24-22-71(23-25-72)54-33-53(67-41(7)68-54)69-63-66-34-52(88-63)60(80)70-56-37(3)14-12-16-44(56)65/h12,14,16,27,29,33-34,36,39-40,42-43,45-47,49-51,57-58,74-75,77,83H,10-11,13,15,17-26,28,30-32H2,1-9H3,(H,70,80)(H,66,67,68,69)/b35-27+,38-29+/t36-,39+,40+,42-,43+,45-,46+,47-,49-,50+,51-,57+,58+,64+/m0/s1. The van der Waals surface area contributed by atoms with E-state index in [2.05, 4.69) is 25.5 Å². The second kappa shape index (κ2) is 30.4. The number of thiazole rings is 1. The molecule has 14 atom stereocenters. The maximum atomic E-state index is 14.8. The highest BCUT2D eigenvalue weighted by molar-refractivity contribution is 7.17. The number of piperidine rings is 1. The van der Waals surface area contributed by atoms with Crippen LogP contribution in [0.15, 0.2) is 53.8 Å². The van der Waals surface area contributed by atoms with Crippen LogP contribution in [0.2, 0.25) is 5.02 Å². The van der Waals surface area contributed by atoms with E-state index < -0.39 is 90.0 Å². The second-order valence-electron chi connectivity index (χ2n) is 25.0. The minimum atomic E-state index is -2.66. The van der Waals surface area contributed by atoms with Crippen molar-refractivity contribution < 1.29 is 68.1 Å². The zero-order valence-electron chi connectivity index (χ0n) is 52.1. The summed E-state index contributed by atoms with van der Waals surface area (Å²) in [4.78, 5) is 104. The number of cyclic esters (lactones) is 1. The van der Waals surface area contributed by atoms with Gasteiger partial charge < -0.3 is 64.7 Å². The number of ketones is 2. The second-order valence-corrected chi connectivity index (χ2v) is 26.4. The van der Waals surface area contributed by atoms with Crippen LogP contribution in [0.5, 0.6) is 0 Å². The number of amides is 3. The smallest absolute Gasteiger partial charge is 0.329 e. The number of aliphatic hydroxyl groups is 4. The normalized spacial score (nSPS) is 31.7. The lowest BCUT2D eigenvalue weighted by Gasteiger charge is -2.46. The van der Waals surface area contributed by atoms with E-state index >= 15 is 0 Å². The molecule has 1 aliphatic carbocycles. The van der Waals surface area contributed by atoms with Gasteiger partial charge in [-0.25, -0.2) is 19.7 Å². The summed E-state index contributed by atoms with van der Waals surface area (Å²) in [5, 5.41) is 53.7. The van der Waals surface area contributed by atoms with E-state index in [4.69, 9.17) is 35.5 Å². The van der Waals surface area contributed by atoms with Crippen LogP contribution in [0.1, 0.15) is 139 Å². The predicted molar refractivity (Wildman–Crippen MR) is 332 cm³/mol. The number of halogens is 1. The summed E-state index contributed by atoms with van der Waals surface area (Å²) < 4.78 is 23.9. The Bertz CT molecular complexity index is 3030. The summed E-state index contributed by atoms with van der Waals surface area (Å²) in [5.41, 5.74) is 2.77. The molecule has 3 saturated heterocycles. The molecule has 3 aromatic rings. The Morgan fingerprint density at radius 3 is 2.35 bits per heavy atom. The molecule has 6 heterocycles. The molecule has 2 bridgehead atoms. The molecule has 3 amide bonds. The van der Waals surface area contributed by atoms with Crippen molar-refractivity contribution in [1.29, 1.82) is 0 Å². The van der Waals surface area contributed by atoms with Gasteiger partial charge in [-0.3, -0.25) is 24.0 Å². The molecule has 22 nitrogen and oxygen atoms in total. The topological polar surface area (TPSA) is 293 Å². The van der Waals surface area contributed by atoms with Gasteiger partial charge in [-0.05, 0) is 127 Å². The van der Waals surface area contributed by atoms with E-state index in [1.165, 1.54) is 13.3 Å². The van der Waals surface area contributed by atoms with Gasteiger partial charge in [0.05, 0.1) is 47.4 Å². The number of esters is 1. The number of carbonyl (C=O) groups excluding carboxylic acids is 6. The van der Waals surface area contributed by atoms with Crippen LogP contribution in [0.25, 0.3) is 0 Å². The average Bonchev–Trinajstić information content (AvgIpc) is 0.977. The summed E-state index contributed by atoms with van der Waals surface area (Å²) in [7, 11) is 2.99. The van der Waals surface area contributed by atoms with Gasteiger partial charge in [-0.15, -0.1) is 0 Å². The first-order valence-electron chi connectivity index (χ1n) is 31.0. The van der Waals surface area contributed by atoms with Crippen molar-refractivity contribution in [2.24, 2.45) is 29.6 Å². The van der Waals surface area contributed by atoms with Crippen LogP contribution in [-0.2, 0) is 42.9 Å². The Morgan fingerprint density at radius 1 is 0.898 bits per heavy atom. The zero-order valence-corrected chi connectivity index (χ0v) is 53.7. The van der Waals surface area contributed by atoms with Crippen LogP contribution >= 0.6 is 22.9 Å². The van der Waals surface area contributed by atoms with E-state index in [-0.39, 0.29) is 74.5 Å². The number of rotatable bonds is 13. The number of anilines is 4. The maximum Gasteiger partial charge on any atom is 0.329 e. The molecule has 24 heteroatoms. The van der Waals surface area contributed by atoms with Gasteiger partial charge >= 0.3 is 5.97 Å². The van der Waals surface area contributed by atoms with Crippen LogP contribution in [0.3, 0.4) is 0 Å². The largest absolute Gasteiger partial charge is 0.456 e. The third kappa shape index (κ3) is 16.6. The van der Waals surface area contributed by atoms with E-state index in [1.54, 1.807) is 51.8 Å². The number of methoxy groups -OCH3 is 2. The van der Waals surface area contributed by atoms with Gasteiger partial charge in [0, 0.05) is 83.6 Å². The number of nitrogens with zero attached hydrogens (tertiary/aromatic N) is 6. The molecule has 1 saturated carbocycles. The number of allylic oxidation sites excluding steroid dienone is 3. The number of hydrogen-bond donors (Lipinski definition) is 6. The van der Waals surface area contributed by atoms with Crippen LogP contribution in [-0.4, -0.2) is 182 Å². The molecule has 4 fully saturated rings. The number of para-hydroxylation sites is 1. The number of ether oxygens (including phenoxy) is 4. The van der Waals surface area contributed by atoms with Crippen molar-refractivity contribution in [3.63, 3.8) is 0 Å². The highest BCUT2D eigenvalue weighted by atomic mass is 35.5. The fraction of sp³-hybridized carbons (Fsp3) is 0.641. The molecule has 8 rings (SSSR count). The Morgan fingerprint density at radius 2 is 1.64 bits per heavy atom. The summed E-state index contributed by atoms with van der Waals surface area (Å²) in [6.07, 6.45) is 2.46. The molecule has 88 heavy (non-hydrogen) atoms. The highest BCUT2D eigenvalue weighted by Crippen LogP contribution is 2.39. The van der Waals surface area contributed by atoms with Crippen molar-refractivity contribution in [3.8, 4) is 0 Å². The number of hydrogen-bond acceptors (Lipinski definition) is 20. The van der Waals surface area contributed by atoms with Crippen molar-refractivity contribution >= 4 is 80.6 Å². The first kappa shape index (κ1) is 68.2. The van der Waals surface area contributed by atoms with Gasteiger partial charge in [-0.1, -0.05) is 73.6 Å². The first-order chi connectivity index (χ1) is 41.9. The quantitative estimate of drug-likeness (QED) is 0.0550. The minimum absolute atomic E-state index is 0.0163. The van der Waals surface area contributed by atoms with Crippen molar-refractivity contribution in [1.82, 2.24) is 24.8 Å². The fourth-order valence-corrected chi connectivity index (χ4v) is 14.2. The molecule has 6 N–H and O–H groups in total. The van der Waals surface area contributed by atoms with Gasteiger partial charge in [0.2, 0.25) is 11.7 Å². The van der Waals surface area contributed by atoms with E-state index in [9.17, 15) is 49.2 Å². The summed E-state index contributed by atoms with van der Waals surface area (Å²) in [5.74, 6) is -7.74. The number of nitrogens with one attached hydrogen (secondary N) is 2. The first-order valence-corrected chi connectivity index (χ1v) is 32.2. The van der Waals surface area contributed by atoms with Crippen molar-refractivity contribution in [2.75, 3.05) is 62.5 Å². The molecular weight excluding hydrogens is 1170 g/mol. The molecule has 1 aromatic carbocycles. The molecular formula is C64H89ClN8O14S. The molecule has 0 radical (unpaired) electrons. The number of piperazine rings is 1. The van der Waals surface area contributed by atoms with Crippen LogP contribution in [0, 0.1) is 43.4 Å². The molecule has 0 unspecified atom stereocenters. The number of aryl methyl sites for hydroxylation is 2. The van der Waals surface area contributed by atoms with E-state index in [0.717, 1.165) is 27.4 Å². The number of Topliss-reactive ketones (excluding diaryl/α,β-unsaturated/α-hetero) is 2. The van der Waals surface area contributed by atoms with Gasteiger partial charge in [0.1, 0.15) is 46.4 Å². The zero-order chi connectivity index (χ0) is 63.7. The lowest BCUT2D eigenvalue weighted by atomic mass is 9.81. The summed E-state index contributed by atoms with van der Waals surface area (Å²) in [6, 6.07) is 5.95. The number of benzene rings is 1. The number of fused-ring (bicyclic) bond motifs is 3. The molecule has 482 valence electrons. The average molecular weight is 1260 g/mol. The third-order valence-electron chi connectivity index (χ3n) is 18.3. The summed E-state index contributed by atoms with van der Waals surface area (Å²) in [6.45, 7) is 14.4. The van der Waals surface area contributed by atoms with E-state index in [0.29, 0.717) is 115 Å². The monoisotopic (exact) mass is 1260 g/mol. The lowest BCUT2D eigenvalue weighted by molar-refractivity contribution is -0.301. The number of aromatic nitrogens is 3. The molecule has 0 spiro atoms. The Kier molecular flexibility index (Phi) is 23.5. The summed E-state index contributed by atoms with van der Waals surface area (Å²) >= 11 is 7.51. The predicted octanol–water partition coefficient (Wildman–Crippen LogP) is 7.44. The lowest BCUT2D eigenvalue weighted by Crippen LogP contribution is -2.64. The Hall–Kier alpha value is -5.76. The van der Waals surface area contributed by atoms with E-state index in [1.807, 2.05) is 45.1 Å². The van der Waals surface area contributed by atoms with Gasteiger partial charge in [-0.2, -0.15) is 0 Å². The van der Waals surface area contributed by atoms with Crippen LogP contribution in [0.4, 0.5) is 22.5 Å². The van der Waals surface area contributed by atoms with Gasteiger partial charge in [0.15, 0.2) is 5.13 Å². The molecule has 5 aliphatic rings. The Labute approximate surface area is 524 Å². The highest BCUT2D eigenvalue weighted by Gasteiger charge is 2.56.